The molecule has 0 aliphatic carbocycles. The van der Waals surface area contributed by atoms with E-state index in [4.69, 9.17) is 0 Å². The Kier molecular flexibility index (Phi) is 7.50. The second kappa shape index (κ2) is 10.7. The molecule has 0 heterocycles. The lowest BCUT2D eigenvalue weighted by molar-refractivity contribution is -0.126. The van der Waals surface area contributed by atoms with Crippen LogP contribution in [0.4, 0.5) is 0 Å². The van der Waals surface area contributed by atoms with Gasteiger partial charge < -0.3 is 5.32 Å². The number of carbonyl (C=O) groups is 2. The Morgan fingerprint density at radius 2 is 1.30 bits per heavy atom. The van der Waals surface area contributed by atoms with Crippen molar-refractivity contribution in [3.8, 4) is 0 Å². The third-order valence-corrected chi connectivity index (χ3v) is 4.71. The maximum Gasteiger partial charge on any atom is 0.259 e. The molecule has 2 N–H and O–H groups in total. The highest BCUT2D eigenvalue weighted by Gasteiger charge is 2.22. The first-order valence-corrected chi connectivity index (χ1v) is 9.97. The van der Waals surface area contributed by atoms with Gasteiger partial charge in [0.15, 0.2) is 0 Å². The molecule has 0 aliphatic heterocycles. The van der Waals surface area contributed by atoms with Crippen LogP contribution in [0.5, 0.6) is 0 Å². The van der Waals surface area contributed by atoms with Crippen molar-refractivity contribution >= 4 is 17.5 Å². The second-order valence-electron chi connectivity index (χ2n) is 6.79. The maximum atomic E-state index is 12.9. The fourth-order valence-electron chi connectivity index (χ4n) is 3.20. The highest BCUT2D eigenvalue weighted by molar-refractivity contribution is 6.01. The van der Waals surface area contributed by atoms with Gasteiger partial charge in [0.2, 0.25) is 5.91 Å². The Hall–Kier alpha value is -3.73. The van der Waals surface area contributed by atoms with Crippen LogP contribution in [-0.2, 0) is 9.59 Å². The van der Waals surface area contributed by atoms with Crippen LogP contribution in [0.15, 0.2) is 96.1 Å². The molecular formula is C25H25N3O2. The average molecular weight is 399 g/mol. The van der Waals surface area contributed by atoms with Crippen LogP contribution in [0, 0.1) is 0 Å². The van der Waals surface area contributed by atoms with Gasteiger partial charge in [-0.05, 0) is 23.1 Å². The van der Waals surface area contributed by atoms with Crippen molar-refractivity contribution in [3.63, 3.8) is 0 Å². The summed E-state index contributed by atoms with van der Waals surface area (Å²) in [6.45, 7) is 1.83. The number of benzene rings is 3. The fraction of sp³-hybridized carbons (Fsp3) is 0.160. The third-order valence-electron chi connectivity index (χ3n) is 4.71. The van der Waals surface area contributed by atoms with E-state index >= 15 is 0 Å². The molecule has 3 aromatic rings. The fourth-order valence-corrected chi connectivity index (χ4v) is 3.20. The summed E-state index contributed by atoms with van der Waals surface area (Å²) < 4.78 is 0. The molecule has 0 spiro atoms. The van der Waals surface area contributed by atoms with Crippen molar-refractivity contribution in [3.05, 3.63) is 108 Å². The van der Waals surface area contributed by atoms with Crippen molar-refractivity contribution in [2.45, 2.75) is 19.3 Å². The molecule has 0 bridgehead atoms. The number of rotatable bonds is 8. The molecule has 0 atom stereocenters. The lowest BCUT2D eigenvalue weighted by atomic mass is 9.90. The zero-order chi connectivity index (χ0) is 21.2. The standard InChI is InChI=1S/C25H25N3O2/c1-2-22(19-12-6-3-7-13-19)27-28-23(29)18-26-25(30)24(20-14-8-4-9-15-20)21-16-10-5-11-17-21/h3-17,24H,2,18H2,1H3,(H,26,30)(H,28,29)/b27-22-. The van der Waals surface area contributed by atoms with Gasteiger partial charge in [0.25, 0.3) is 5.91 Å². The first-order chi connectivity index (χ1) is 14.7. The molecule has 0 aliphatic rings. The first-order valence-electron chi connectivity index (χ1n) is 9.97. The Morgan fingerprint density at radius 1 is 0.800 bits per heavy atom. The van der Waals surface area contributed by atoms with E-state index in [-0.39, 0.29) is 18.4 Å². The SMILES string of the molecule is CC/C(=N/NC(=O)CNC(=O)C(c1ccccc1)c1ccccc1)c1ccccc1. The van der Waals surface area contributed by atoms with Gasteiger partial charge in [0, 0.05) is 0 Å². The number of carbonyl (C=O) groups excluding carboxylic acids is 2. The molecule has 0 saturated heterocycles. The molecule has 3 aromatic carbocycles. The predicted octanol–water partition coefficient (Wildman–Crippen LogP) is 3.87. The van der Waals surface area contributed by atoms with Gasteiger partial charge in [-0.2, -0.15) is 5.10 Å². The predicted molar refractivity (Wildman–Crippen MR) is 119 cm³/mol. The van der Waals surface area contributed by atoms with Crippen LogP contribution in [0.1, 0.15) is 36.0 Å². The third kappa shape index (κ3) is 5.64. The summed E-state index contributed by atoms with van der Waals surface area (Å²) in [5.41, 5.74) is 6.02. The molecule has 2 amide bonds. The van der Waals surface area contributed by atoms with E-state index in [1.54, 1.807) is 0 Å². The monoisotopic (exact) mass is 399 g/mol. The van der Waals surface area contributed by atoms with E-state index in [1.807, 2.05) is 97.9 Å². The highest BCUT2D eigenvalue weighted by atomic mass is 16.2. The van der Waals surface area contributed by atoms with Crippen molar-refractivity contribution in [2.75, 3.05) is 6.54 Å². The van der Waals surface area contributed by atoms with Crippen LogP contribution in [0.2, 0.25) is 0 Å². The minimum Gasteiger partial charge on any atom is -0.346 e. The molecule has 5 nitrogen and oxygen atoms in total. The van der Waals surface area contributed by atoms with Crippen LogP contribution in [0.3, 0.4) is 0 Å². The molecule has 0 saturated carbocycles. The van der Waals surface area contributed by atoms with Crippen LogP contribution < -0.4 is 10.7 Å². The lowest BCUT2D eigenvalue weighted by Gasteiger charge is -2.17. The summed E-state index contributed by atoms with van der Waals surface area (Å²) in [7, 11) is 0. The van der Waals surface area contributed by atoms with Crippen molar-refractivity contribution in [1.82, 2.24) is 10.7 Å². The van der Waals surface area contributed by atoms with E-state index < -0.39 is 5.92 Å². The second-order valence-corrected chi connectivity index (χ2v) is 6.79. The van der Waals surface area contributed by atoms with E-state index in [0.717, 1.165) is 22.4 Å². The van der Waals surface area contributed by atoms with Crippen LogP contribution >= 0.6 is 0 Å². The molecule has 3 rings (SSSR count). The van der Waals surface area contributed by atoms with E-state index in [1.165, 1.54) is 0 Å². The molecular weight excluding hydrogens is 374 g/mol. The summed E-state index contributed by atoms with van der Waals surface area (Å²) in [6, 6.07) is 28.7. The summed E-state index contributed by atoms with van der Waals surface area (Å²) in [5.74, 6) is -1.09. The molecule has 5 heteroatoms. The van der Waals surface area contributed by atoms with E-state index in [0.29, 0.717) is 6.42 Å². The van der Waals surface area contributed by atoms with Gasteiger partial charge in [0.1, 0.15) is 0 Å². The Morgan fingerprint density at radius 3 is 1.80 bits per heavy atom. The van der Waals surface area contributed by atoms with Gasteiger partial charge in [-0.15, -0.1) is 0 Å². The van der Waals surface area contributed by atoms with Crippen LogP contribution in [-0.4, -0.2) is 24.1 Å². The van der Waals surface area contributed by atoms with Gasteiger partial charge in [0.05, 0.1) is 18.2 Å². The van der Waals surface area contributed by atoms with Gasteiger partial charge in [-0.1, -0.05) is 97.9 Å². The first kappa shape index (κ1) is 21.0. The van der Waals surface area contributed by atoms with Gasteiger partial charge in [-0.25, -0.2) is 5.43 Å². The number of nitrogens with one attached hydrogen (secondary N) is 2. The molecule has 30 heavy (non-hydrogen) atoms. The lowest BCUT2D eigenvalue weighted by Crippen LogP contribution is -2.38. The summed E-state index contributed by atoms with van der Waals surface area (Å²) >= 11 is 0. The van der Waals surface area contributed by atoms with Crippen molar-refractivity contribution in [2.24, 2.45) is 5.10 Å². The summed E-state index contributed by atoms with van der Waals surface area (Å²) in [5, 5.41) is 6.96. The largest absolute Gasteiger partial charge is 0.346 e. The molecule has 0 fully saturated rings. The van der Waals surface area contributed by atoms with E-state index in [9.17, 15) is 9.59 Å². The summed E-state index contributed by atoms with van der Waals surface area (Å²) in [6.07, 6.45) is 0.681. The highest BCUT2D eigenvalue weighted by Crippen LogP contribution is 2.24. The number of hydrogen-bond donors (Lipinski definition) is 2. The normalized spacial score (nSPS) is 11.2. The zero-order valence-corrected chi connectivity index (χ0v) is 16.9. The Balaban J connectivity index is 1.65. The minimum atomic E-state index is -0.487. The number of amides is 2. The Bertz CT molecular complexity index is 947. The smallest absolute Gasteiger partial charge is 0.259 e. The average Bonchev–Trinajstić information content (AvgIpc) is 2.80. The van der Waals surface area contributed by atoms with Crippen LogP contribution in [0.25, 0.3) is 0 Å². The maximum absolute atomic E-state index is 12.9. The molecule has 0 radical (unpaired) electrons. The molecule has 0 unspecified atom stereocenters. The Labute approximate surface area is 176 Å². The topological polar surface area (TPSA) is 70.6 Å². The van der Waals surface area contributed by atoms with Gasteiger partial charge in [-0.3, -0.25) is 9.59 Å². The quantitative estimate of drug-likeness (QED) is 0.446. The number of hydrogen-bond acceptors (Lipinski definition) is 3. The number of hydrazone groups is 1. The molecule has 152 valence electrons. The molecule has 0 aromatic heterocycles. The van der Waals surface area contributed by atoms with Crippen molar-refractivity contribution in [1.29, 1.82) is 0 Å². The summed E-state index contributed by atoms with van der Waals surface area (Å²) in [4.78, 5) is 25.2. The van der Waals surface area contributed by atoms with Gasteiger partial charge >= 0.3 is 0 Å². The number of nitrogens with zero attached hydrogens (tertiary/aromatic N) is 1. The zero-order valence-electron chi connectivity index (χ0n) is 16.9. The van der Waals surface area contributed by atoms with E-state index in [2.05, 4.69) is 15.8 Å². The van der Waals surface area contributed by atoms with Crippen molar-refractivity contribution < 1.29 is 9.59 Å². The minimum absolute atomic E-state index is 0.149.